The van der Waals surface area contributed by atoms with Crippen LogP contribution >= 0.6 is 0 Å². The largest absolute Gasteiger partial charge is 0.379 e. The summed E-state index contributed by atoms with van der Waals surface area (Å²) in [5.74, 6) is -0.472. The van der Waals surface area contributed by atoms with Gasteiger partial charge >= 0.3 is 0 Å². The second kappa shape index (κ2) is 3.78. The maximum atomic E-state index is 11.4. The summed E-state index contributed by atoms with van der Waals surface area (Å²) in [4.78, 5) is 18.1. The SMILES string of the molecule is Nc1nonc1C(=O)NCc1cnc[nH]1. The molecule has 0 unspecified atom stereocenters. The topological polar surface area (TPSA) is 123 Å². The Kier molecular flexibility index (Phi) is 2.31. The van der Waals surface area contributed by atoms with Crippen molar-refractivity contribution in [2.45, 2.75) is 6.54 Å². The van der Waals surface area contributed by atoms with Gasteiger partial charge < -0.3 is 16.0 Å². The number of nitrogen functional groups attached to an aromatic ring is 1. The van der Waals surface area contributed by atoms with E-state index in [1.807, 2.05) is 0 Å². The lowest BCUT2D eigenvalue weighted by Gasteiger charge is -1.99. The van der Waals surface area contributed by atoms with E-state index in [0.29, 0.717) is 6.54 Å². The van der Waals surface area contributed by atoms with E-state index in [-0.39, 0.29) is 11.5 Å². The average Bonchev–Trinajstić information content (AvgIpc) is 2.84. The molecule has 0 fully saturated rings. The van der Waals surface area contributed by atoms with Crippen LogP contribution in [0, 0.1) is 0 Å². The Balaban J connectivity index is 1.96. The van der Waals surface area contributed by atoms with Gasteiger partial charge in [0.25, 0.3) is 5.91 Å². The molecule has 0 radical (unpaired) electrons. The number of nitrogens with zero attached hydrogens (tertiary/aromatic N) is 3. The van der Waals surface area contributed by atoms with Gasteiger partial charge in [0.2, 0.25) is 11.5 Å². The number of imidazole rings is 1. The molecule has 78 valence electrons. The molecule has 0 aromatic carbocycles. The monoisotopic (exact) mass is 208 g/mol. The second-order valence-electron chi connectivity index (χ2n) is 2.76. The molecule has 2 aromatic rings. The van der Waals surface area contributed by atoms with Crippen molar-refractivity contribution in [2.75, 3.05) is 5.73 Å². The fraction of sp³-hybridized carbons (Fsp3) is 0.143. The minimum atomic E-state index is -0.441. The molecule has 15 heavy (non-hydrogen) atoms. The Morgan fingerprint density at radius 2 is 2.47 bits per heavy atom. The molecule has 1 amide bonds. The third kappa shape index (κ3) is 1.93. The Morgan fingerprint density at radius 1 is 1.60 bits per heavy atom. The van der Waals surface area contributed by atoms with Gasteiger partial charge in [-0.1, -0.05) is 0 Å². The molecule has 8 nitrogen and oxygen atoms in total. The van der Waals surface area contributed by atoms with Crippen LogP contribution in [0.3, 0.4) is 0 Å². The Morgan fingerprint density at radius 3 is 3.07 bits per heavy atom. The van der Waals surface area contributed by atoms with Gasteiger partial charge in [-0.15, -0.1) is 0 Å². The van der Waals surface area contributed by atoms with Gasteiger partial charge in [0.05, 0.1) is 18.6 Å². The Bertz CT molecular complexity index is 448. The van der Waals surface area contributed by atoms with E-state index in [1.165, 1.54) is 6.33 Å². The summed E-state index contributed by atoms with van der Waals surface area (Å²) < 4.78 is 4.30. The van der Waals surface area contributed by atoms with E-state index >= 15 is 0 Å². The standard InChI is InChI=1S/C7H8N6O2/c8-6-5(12-15-13-6)7(14)10-2-4-1-9-3-11-4/h1,3H,2H2,(H2,8,13)(H,9,11)(H,10,14). The first-order valence-electron chi connectivity index (χ1n) is 4.11. The normalized spacial score (nSPS) is 10.1. The summed E-state index contributed by atoms with van der Waals surface area (Å²) in [6.45, 7) is 0.311. The first-order chi connectivity index (χ1) is 7.27. The highest BCUT2D eigenvalue weighted by Crippen LogP contribution is 2.03. The van der Waals surface area contributed by atoms with Crippen LogP contribution in [-0.2, 0) is 6.54 Å². The van der Waals surface area contributed by atoms with E-state index in [0.717, 1.165) is 5.69 Å². The molecule has 0 saturated carbocycles. The fourth-order valence-corrected chi connectivity index (χ4v) is 0.994. The number of anilines is 1. The third-order valence-corrected chi connectivity index (χ3v) is 1.72. The number of rotatable bonds is 3. The van der Waals surface area contributed by atoms with Crippen molar-refractivity contribution in [1.29, 1.82) is 0 Å². The van der Waals surface area contributed by atoms with Crippen LogP contribution in [0.4, 0.5) is 5.82 Å². The molecule has 0 atom stereocenters. The van der Waals surface area contributed by atoms with Crippen LogP contribution in [0.25, 0.3) is 0 Å². The number of aromatic amines is 1. The molecular weight excluding hydrogens is 200 g/mol. The molecule has 0 spiro atoms. The van der Waals surface area contributed by atoms with Gasteiger partial charge in [0.15, 0.2) is 0 Å². The van der Waals surface area contributed by atoms with Crippen LogP contribution in [0.2, 0.25) is 0 Å². The third-order valence-electron chi connectivity index (χ3n) is 1.72. The second-order valence-corrected chi connectivity index (χ2v) is 2.76. The van der Waals surface area contributed by atoms with Gasteiger partial charge in [0, 0.05) is 6.20 Å². The predicted octanol–water partition coefficient (Wildman–Crippen LogP) is -0.695. The number of nitrogens with two attached hydrogens (primary N) is 1. The zero-order valence-electron chi connectivity index (χ0n) is 7.60. The summed E-state index contributed by atoms with van der Waals surface area (Å²) in [5.41, 5.74) is 6.10. The van der Waals surface area contributed by atoms with Crippen molar-refractivity contribution >= 4 is 11.7 Å². The maximum absolute atomic E-state index is 11.4. The molecule has 0 aliphatic carbocycles. The number of amides is 1. The van der Waals surface area contributed by atoms with Crippen LogP contribution in [0.5, 0.6) is 0 Å². The van der Waals surface area contributed by atoms with Crippen molar-refractivity contribution in [3.05, 3.63) is 23.9 Å². The highest BCUT2D eigenvalue weighted by atomic mass is 16.6. The Hall–Kier alpha value is -2.38. The molecule has 8 heteroatoms. The van der Waals surface area contributed by atoms with Crippen LogP contribution < -0.4 is 11.1 Å². The zero-order valence-corrected chi connectivity index (χ0v) is 7.60. The highest BCUT2D eigenvalue weighted by molar-refractivity contribution is 5.95. The van der Waals surface area contributed by atoms with E-state index in [4.69, 9.17) is 5.73 Å². The van der Waals surface area contributed by atoms with E-state index in [2.05, 4.69) is 30.2 Å². The number of carbonyl (C=O) groups is 1. The molecule has 4 N–H and O–H groups in total. The van der Waals surface area contributed by atoms with Crippen molar-refractivity contribution in [3.8, 4) is 0 Å². The van der Waals surface area contributed by atoms with Gasteiger partial charge in [-0.3, -0.25) is 4.79 Å². The number of nitrogens with one attached hydrogen (secondary N) is 2. The number of hydrogen-bond acceptors (Lipinski definition) is 6. The number of hydrogen-bond donors (Lipinski definition) is 3. The summed E-state index contributed by atoms with van der Waals surface area (Å²) in [7, 11) is 0. The molecule has 0 aliphatic rings. The van der Waals surface area contributed by atoms with Crippen molar-refractivity contribution in [1.82, 2.24) is 25.6 Å². The van der Waals surface area contributed by atoms with Gasteiger partial charge in [0.1, 0.15) is 0 Å². The van der Waals surface area contributed by atoms with Crippen LogP contribution in [0.15, 0.2) is 17.2 Å². The van der Waals surface area contributed by atoms with Crippen molar-refractivity contribution in [2.24, 2.45) is 0 Å². The molecule has 2 rings (SSSR count). The maximum Gasteiger partial charge on any atom is 0.277 e. The fourth-order valence-electron chi connectivity index (χ4n) is 0.994. The van der Waals surface area contributed by atoms with Gasteiger partial charge in [-0.05, 0) is 10.3 Å². The zero-order chi connectivity index (χ0) is 10.7. The van der Waals surface area contributed by atoms with Crippen molar-refractivity contribution < 1.29 is 9.42 Å². The minimum Gasteiger partial charge on any atom is -0.379 e. The lowest BCUT2D eigenvalue weighted by Crippen LogP contribution is -2.24. The molecule has 0 aliphatic heterocycles. The van der Waals surface area contributed by atoms with E-state index in [1.54, 1.807) is 6.20 Å². The highest BCUT2D eigenvalue weighted by Gasteiger charge is 2.15. The average molecular weight is 208 g/mol. The number of H-pyrrole nitrogens is 1. The van der Waals surface area contributed by atoms with Gasteiger partial charge in [-0.25, -0.2) is 9.61 Å². The van der Waals surface area contributed by atoms with Crippen LogP contribution in [0.1, 0.15) is 16.2 Å². The van der Waals surface area contributed by atoms with E-state index < -0.39 is 5.91 Å². The molecular formula is C7H8N6O2. The lowest BCUT2D eigenvalue weighted by molar-refractivity contribution is 0.0941. The molecule has 2 aromatic heterocycles. The molecule has 0 bridgehead atoms. The number of carbonyl (C=O) groups excluding carboxylic acids is 1. The summed E-state index contributed by atoms with van der Waals surface area (Å²) in [5, 5.41) is 9.24. The lowest BCUT2D eigenvalue weighted by atomic mass is 10.4. The smallest absolute Gasteiger partial charge is 0.277 e. The van der Waals surface area contributed by atoms with Gasteiger partial charge in [-0.2, -0.15) is 0 Å². The quantitative estimate of drug-likeness (QED) is 0.613. The number of aromatic nitrogens is 4. The van der Waals surface area contributed by atoms with E-state index in [9.17, 15) is 4.79 Å². The first kappa shape index (κ1) is 9.19. The van der Waals surface area contributed by atoms with Crippen molar-refractivity contribution in [3.63, 3.8) is 0 Å². The summed E-state index contributed by atoms with van der Waals surface area (Å²) in [6, 6.07) is 0. The summed E-state index contributed by atoms with van der Waals surface area (Å²) in [6.07, 6.45) is 3.12. The minimum absolute atomic E-state index is 0.0190. The molecule has 0 saturated heterocycles. The summed E-state index contributed by atoms with van der Waals surface area (Å²) >= 11 is 0. The molecule has 2 heterocycles. The predicted molar refractivity (Wildman–Crippen MR) is 48.5 cm³/mol. The van der Waals surface area contributed by atoms with Crippen LogP contribution in [-0.4, -0.2) is 26.2 Å². The first-order valence-corrected chi connectivity index (χ1v) is 4.11. The Labute approximate surface area is 83.8 Å².